The SMILES string of the molecule is COc1ccc(/C(O)=C2/C(=O)C(=O)N(c3ccc(C(C)C)cc3)C2c2ccc(C(C)C)cc2)cc1C. The molecule has 0 saturated carbocycles. The number of hydrogen-bond donors (Lipinski definition) is 1. The third-order valence-corrected chi connectivity index (χ3v) is 6.87. The molecule has 0 radical (unpaired) electrons. The monoisotopic (exact) mass is 483 g/mol. The molecule has 1 fully saturated rings. The van der Waals surface area contributed by atoms with Gasteiger partial charge in [0.2, 0.25) is 0 Å². The van der Waals surface area contributed by atoms with E-state index in [0.717, 1.165) is 22.3 Å². The lowest BCUT2D eigenvalue weighted by atomic mass is 9.92. The molecule has 1 atom stereocenters. The van der Waals surface area contributed by atoms with Crippen molar-refractivity contribution in [2.45, 2.75) is 52.5 Å². The van der Waals surface area contributed by atoms with Crippen molar-refractivity contribution in [1.29, 1.82) is 0 Å². The van der Waals surface area contributed by atoms with E-state index in [2.05, 4.69) is 27.7 Å². The summed E-state index contributed by atoms with van der Waals surface area (Å²) in [5, 5.41) is 11.4. The molecular weight excluding hydrogens is 450 g/mol. The average molecular weight is 484 g/mol. The Morgan fingerprint density at radius 3 is 1.92 bits per heavy atom. The van der Waals surface area contributed by atoms with Crippen LogP contribution < -0.4 is 9.64 Å². The van der Waals surface area contributed by atoms with Crippen LogP contribution >= 0.6 is 0 Å². The fourth-order valence-corrected chi connectivity index (χ4v) is 4.68. The van der Waals surface area contributed by atoms with E-state index in [1.54, 1.807) is 25.3 Å². The number of nitrogens with zero attached hydrogens (tertiary/aromatic N) is 1. The lowest BCUT2D eigenvalue weighted by Gasteiger charge is -2.26. The second-order valence-corrected chi connectivity index (χ2v) is 9.92. The van der Waals surface area contributed by atoms with Crippen molar-refractivity contribution in [3.63, 3.8) is 0 Å². The molecule has 5 heteroatoms. The number of rotatable bonds is 6. The van der Waals surface area contributed by atoms with Crippen LogP contribution in [0.4, 0.5) is 5.69 Å². The Labute approximate surface area is 213 Å². The molecule has 186 valence electrons. The van der Waals surface area contributed by atoms with E-state index in [0.29, 0.717) is 28.8 Å². The van der Waals surface area contributed by atoms with Gasteiger partial charge in [0, 0.05) is 11.3 Å². The van der Waals surface area contributed by atoms with Gasteiger partial charge in [-0.15, -0.1) is 0 Å². The van der Waals surface area contributed by atoms with Crippen molar-refractivity contribution in [3.8, 4) is 5.75 Å². The summed E-state index contributed by atoms with van der Waals surface area (Å²) in [6.45, 7) is 10.3. The fourth-order valence-electron chi connectivity index (χ4n) is 4.68. The number of Topliss-reactive ketones (excluding diaryl/α,β-unsaturated/α-hetero) is 1. The van der Waals surface area contributed by atoms with E-state index in [-0.39, 0.29) is 11.3 Å². The Morgan fingerprint density at radius 2 is 1.42 bits per heavy atom. The number of benzene rings is 3. The number of ketones is 1. The van der Waals surface area contributed by atoms with Crippen molar-refractivity contribution in [1.82, 2.24) is 0 Å². The van der Waals surface area contributed by atoms with Gasteiger partial charge in [0.15, 0.2) is 0 Å². The molecule has 1 heterocycles. The highest BCUT2D eigenvalue weighted by molar-refractivity contribution is 6.51. The molecular formula is C31H33NO4. The maximum Gasteiger partial charge on any atom is 0.300 e. The van der Waals surface area contributed by atoms with Crippen molar-refractivity contribution < 1.29 is 19.4 Å². The number of carbonyl (C=O) groups is 2. The molecule has 36 heavy (non-hydrogen) atoms. The standard InChI is InChI=1S/C31H33NO4/c1-18(2)21-7-9-23(10-8-21)28-27(29(33)24-13-16-26(36-6)20(5)17-24)30(34)31(35)32(28)25-14-11-22(12-15-25)19(3)4/h7-19,28,33H,1-6H3/b29-27-. The summed E-state index contributed by atoms with van der Waals surface area (Å²) < 4.78 is 5.34. The molecule has 0 bridgehead atoms. The zero-order valence-corrected chi connectivity index (χ0v) is 21.7. The second-order valence-electron chi connectivity index (χ2n) is 9.92. The Balaban J connectivity index is 1.90. The van der Waals surface area contributed by atoms with Gasteiger partial charge in [0.1, 0.15) is 11.5 Å². The lowest BCUT2D eigenvalue weighted by Crippen LogP contribution is -2.29. The van der Waals surface area contributed by atoms with Crippen LogP contribution in [0, 0.1) is 6.92 Å². The maximum absolute atomic E-state index is 13.4. The van der Waals surface area contributed by atoms with Crippen molar-refractivity contribution >= 4 is 23.1 Å². The quantitative estimate of drug-likeness (QED) is 0.236. The summed E-state index contributed by atoms with van der Waals surface area (Å²) in [7, 11) is 1.58. The van der Waals surface area contributed by atoms with Crippen LogP contribution in [0.25, 0.3) is 5.76 Å². The highest BCUT2D eigenvalue weighted by atomic mass is 16.5. The number of carbonyl (C=O) groups excluding carboxylic acids is 2. The molecule has 1 aliphatic heterocycles. The zero-order chi connectivity index (χ0) is 26.1. The highest BCUT2D eigenvalue weighted by Gasteiger charge is 2.47. The summed E-state index contributed by atoms with van der Waals surface area (Å²) in [6.07, 6.45) is 0. The largest absolute Gasteiger partial charge is 0.507 e. The van der Waals surface area contributed by atoms with Crippen molar-refractivity contribution in [2.24, 2.45) is 0 Å². The summed E-state index contributed by atoms with van der Waals surface area (Å²) >= 11 is 0. The van der Waals surface area contributed by atoms with Gasteiger partial charge in [-0.05, 0) is 71.3 Å². The minimum atomic E-state index is -0.751. The number of aliphatic hydroxyl groups excluding tert-OH is 1. The van der Waals surface area contributed by atoms with Gasteiger partial charge in [-0.3, -0.25) is 14.5 Å². The fraction of sp³-hybridized carbons (Fsp3) is 0.290. The Morgan fingerprint density at radius 1 is 0.861 bits per heavy atom. The minimum Gasteiger partial charge on any atom is -0.507 e. The van der Waals surface area contributed by atoms with E-state index < -0.39 is 17.7 Å². The Bertz CT molecular complexity index is 1320. The lowest BCUT2D eigenvalue weighted by molar-refractivity contribution is -0.132. The number of aryl methyl sites for hydroxylation is 1. The van der Waals surface area contributed by atoms with E-state index in [9.17, 15) is 14.7 Å². The first-order valence-corrected chi connectivity index (χ1v) is 12.3. The summed E-state index contributed by atoms with van der Waals surface area (Å²) in [6, 6.07) is 20.1. The molecule has 4 rings (SSSR count). The molecule has 0 spiro atoms. The number of methoxy groups -OCH3 is 1. The van der Waals surface area contributed by atoms with E-state index in [1.165, 1.54) is 4.90 Å². The number of anilines is 1. The number of ether oxygens (including phenoxy) is 1. The smallest absolute Gasteiger partial charge is 0.300 e. The van der Waals surface area contributed by atoms with Crippen LogP contribution in [0.3, 0.4) is 0 Å². The van der Waals surface area contributed by atoms with Crippen LogP contribution in [0.1, 0.15) is 73.4 Å². The van der Waals surface area contributed by atoms with E-state index in [4.69, 9.17) is 4.74 Å². The summed E-state index contributed by atoms with van der Waals surface area (Å²) in [5.41, 5.74) is 5.03. The first-order valence-electron chi connectivity index (χ1n) is 12.3. The molecule has 1 amide bonds. The van der Waals surface area contributed by atoms with E-state index in [1.807, 2.05) is 55.5 Å². The summed E-state index contributed by atoms with van der Waals surface area (Å²) in [4.78, 5) is 28.3. The van der Waals surface area contributed by atoms with Gasteiger partial charge in [-0.2, -0.15) is 0 Å². The average Bonchev–Trinajstić information content (AvgIpc) is 3.13. The van der Waals surface area contributed by atoms with Crippen LogP contribution in [-0.2, 0) is 9.59 Å². The molecule has 0 aromatic heterocycles. The van der Waals surface area contributed by atoms with Gasteiger partial charge < -0.3 is 9.84 Å². The molecule has 1 aliphatic rings. The van der Waals surface area contributed by atoms with Gasteiger partial charge in [-0.25, -0.2) is 0 Å². The zero-order valence-electron chi connectivity index (χ0n) is 21.7. The first kappa shape index (κ1) is 25.2. The topological polar surface area (TPSA) is 66.8 Å². The maximum atomic E-state index is 13.4. The minimum absolute atomic E-state index is 0.0785. The molecule has 1 saturated heterocycles. The second kappa shape index (κ2) is 10.0. The normalized spacial score (nSPS) is 17.3. The predicted molar refractivity (Wildman–Crippen MR) is 144 cm³/mol. The molecule has 0 aliphatic carbocycles. The molecule has 3 aromatic rings. The number of amides is 1. The van der Waals surface area contributed by atoms with Gasteiger partial charge in [0.05, 0.1) is 18.7 Å². The van der Waals surface area contributed by atoms with Crippen LogP contribution in [0.2, 0.25) is 0 Å². The van der Waals surface area contributed by atoms with Gasteiger partial charge in [-0.1, -0.05) is 64.1 Å². The third-order valence-electron chi connectivity index (χ3n) is 6.87. The number of hydrogen-bond acceptors (Lipinski definition) is 4. The molecule has 1 unspecified atom stereocenters. The predicted octanol–water partition coefficient (Wildman–Crippen LogP) is 6.88. The number of aliphatic hydroxyl groups is 1. The van der Waals surface area contributed by atoms with Crippen LogP contribution in [-0.4, -0.2) is 23.9 Å². The highest BCUT2D eigenvalue weighted by Crippen LogP contribution is 2.43. The molecule has 5 nitrogen and oxygen atoms in total. The Hall–Kier alpha value is -3.86. The third kappa shape index (κ3) is 4.53. The van der Waals surface area contributed by atoms with Crippen LogP contribution in [0.5, 0.6) is 5.75 Å². The van der Waals surface area contributed by atoms with E-state index >= 15 is 0 Å². The molecule has 3 aromatic carbocycles. The van der Waals surface area contributed by atoms with Gasteiger partial charge >= 0.3 is 0 Å². The van der Waals surface area contributed by atoms with Crippen molar-refractivity contribution in [3.05, 3.63) is 100 Å². The first-order chi connectivity index (χ1) is 17.1. The van der Waals surface area contributed by atoms with Crippen molar-refractivity contribution in [2.75, 3.05) is 12.0 Å². The molecule has 1 N–H and O–H groups in total. The van der Waals surface area contributed by atoms with Gasteiger partial charge in [0.25, 0.3) is 11.7 Å². The summed E-state index contributed by atoms with van der Waals surface area (Å²) in [5.74, 6) is -0.191. The Kier molecular flexibility index (Phi) is 7.02. The van der Waals surface area contributed by atoms with Crippen LogP contribution in [0.15, 0.2) is 72.3 Å².